The van der Waals surface area contributed by atoms with E-state index in [1.807, 2.05) is 6.07 Å². The SMILES string of the molecule is Cl.NCc1cc(C(=O)NCC2(c3ccccc3)CCCC2)co1. The van der Waals surface area contributed by atoms with Gasteiger partial charge in [0.2, 0.25) is 0 Å². The van der Waals surface area contributed by atoms with E-state index in [2.05, 4.69) is 29.6 Å². The van der Waals surface area contributed by atoms with Gasteiger partial charge in [-0.3, -0.25) is 4.79 Å². The Labute approximate surface area is 142 Å². The summed E-state index contributed by atoms with van der Waals surface area (Å²) in [5, 5.41) is 3.08. The van der Waals surface area contributed by atoms with Crippen LogP contribution >= 0.6 is 12.4 Å². The van der Waals surface area contributed by atoms with Crippen LogP contribution in [-0.2, 0) is 12.0 Å². The highest BCUT2D eigenvalue weighted by Crippen LogP contribution is 2.40. The molecule has 3 rings (SSSR count). The maximum atomic E-state index is 12.3. The second-order valence-electron chi connectivity index (χ2n) is 6.04. The summed E-state index contributed by atoms with van der Waals surface area (Å²) in [6.07, 6.45) is 6.15. The summed E-state index contributed by atoms with van der Waals surface area (Å²) in [6, 6.07) is 12.2. The number of hydrogen-bond donors (Lipinski definition) is 2. The average molecular weight is 335 g/mol. The van der Waals surface area contributed by atoms with Crippen molar-refractivity contribution in [2.75, 3.05) is 6.54 Å². The summed E-state index contributed by atoms with van der Waals surface area (Å²) < 4.78 is 5.23. The molecule has 1 aromatic heterocycles. The second kappa shape index (κ2) is 7.66. The zero-order valence-electron chi connectivity index (χ0n) is 13.1. The molecule has 1 aromatic carbocycles. The van der Waals surface area contributed by atoms with Gasteiger partial charge in [0.1, 0.15) is 12.0 Å². The zero-order valence-corrected chi connectivity index (χ0v) is 13.9. The van der Waals surface area contributed by atoms with Crippen LogP contribution in [0.25, 0.3) is 0 Å². The van der Waals surface area contributed by atoms with Crippen molar-refractivity contribution in [2.24, 2.45) is 5.73 Å². The maximum absolute atomic E-state index is 12.3. The van der Waals surface area contributed by atoms with Gasteiger partial charge in [0.15, 0.2) is 0 Å². The molecule has 4 nitrogen and oxygen atoms in total. The quantitative estimate of drug-likeness (QED) is 0.880. The zero-order chi connectivity index (χ0) is 15.4. The van der Waals surface area contributed by atoms with E-state index in [0.717, 1.165) is 12.8 Å². The standard InChI is InChI=1S/C18H22N2O2.ClH/c19-11-16-10-14(12-22-16)17(21)20-13-18(8-4-5-9-18)15-6-2-1-3-7-15;/h1-3,6-7,10,12H,4-5,8-9,11,13,19H2,(H,20,21);1H. The number of carbonyl (C=O) groups excluding carboxylic acids is 1. The van der Waals surface area contributed by atoms with Crippen molar-refractivity contribution >= 4 is 18.3 Å². The summed E-state index contributed by atoms with van der Waals surface area (Å²) in [5.74, 6) is 0.537. The van der Waals surface area contributed by atoms with Gasteiger partial charge in [-0.1, -0.05) is 43.2 Å². The predicted octanol–water partition coefficient (Wildman–Crippen LogP) is 3.40. The third-order valence-electron chi connectivity index (χ3n) is 4.65. The second-order valence-corrected chi connectivity index (χ2v) is 6.04. The number of benzene rings is 1. The van der Waals surface area contributed by atoms with Gasteiger partial charge in [-0.05, 0) is 24.5 Å². The Balaban J connectivity index is 0.00000192. The third kappa shape index (κ3) is 3.77. The first kappa shape index (κ1) is 17.6. The molecule has 23 heavy (non-hydrogen) atoms. The highest BCUT2D eigenvalue weighted by molar-refractivity contribution is 5.94. The van der Waals surface area contributed by atoms with Gasteiger partial charge >= 0.3 is 0 Å². The Kier molecular flexibility index (Phi) is 5.85. The number of hydrogen-bond acceptors (Lipinski definition) is 3. The smallest absolute Gasteiger partial charge is 0.254 e. The first-order chi connectivity index (χ1) is 10.7. The number of nitrogens with two attached hydrogens (primary N) is 1. The molecule has 0 aliphatic heterocycles. The van der Waals surface area contributed by atoms with Crippen LogP contribution in [0.15, 0.2) is 47.1 Å². The highest BCUT2D eigenvalue weighted by atomic mass is 35.5. The van der Waals surface area contributed by atoms with E-state index in [0.29, 0.717) is 24.4 Å². The monoisotopic (exact) mass is 334 g/mol. The fourth-order valence-electron chi connectivity index (χ4n) is 3.37. The molecule has 2 aromatic rings. The average Bonchev–Trinajstić information content (AvgIpc) is 3.23. The lowest BCUT2D eigenvalue weighted by Crippen LogP contribution is -2.38. The maximum Gasteiger partial charge on any atom is 0.254 e. The Morgan fingerprint density at radius 2 is 1.91 bits per heavy atom. The first-order valence-corrected chi connectivity index (χ1v) is 7.85. The van der Waals surface area contributed by atoms with Crippen LogP contribution in [0.4, 0.5) is 0 Å². The molecule has 124 valence electrons. The molecule has 1 amide bonds. The molecule has 1 heterocycles. The van der Waals surface area contributed by atoms with Gasteiger partial charge in [-0.2, -0.15) is 0 Å². The molecule has 3 N–H and O–H groups in total. The van der Waals surface area contributed by atoms with Crippen LogP contribution < -0.4 is 11.1 Å². The van der Waals surface area contributed by atoms with E-state index < -0.39 is 0 Å². The van der Waals surface area contributed by atoms with Crippen molar-refractivity contribution in [2.45, 2.75) is 37.6 Å². The van der Waals surface area contributed by atoms with Gasteiger partial charge in [-0.25, -0.2) is 0 Å². The summed E-state index contributed by atoms with van der Waals surface area (Å²) in [5.41, 5.74) is 7.44. The number of rotatable bonds is 5. The van der Waals surface area contributed by atoms with Gasteiger partial charge in [0, 0.05) is 12.0 Å². The van der Waals surface area contributed by atoms with Crippen molar-refractivity contribution in [3.63, 3.8) is 0 Å². The van der Waals surface area contributed by atoms with Gasteiger partial charge in [0.25, 0.3) is 5.91 Å². The van der Waals surface area contributed by atoms with Crippen molar-refractivity contribution in [3.8, 4) is 0 Å². The van der Waals surface area contributed by atoms with E-state index in [1.54, 1.807) is 6.07 Å². The molecule has 1 fully saturated rings. The summed E-state index contributed by atoms with van der Waals surface area (Å²) in [7, 11) is 0. The number of amides is 1. The molecule has 0 spiro atoms. The predicted molar refractivity (Wildman–Crippen MR) is 92.8 cm³/mol. The fraction of sp³-hybridized carbons (Fsp3) is 0.389. The third-order valence-corrected chi connectivity index (χ3v) is 4.65. The molecular weight excluding hydrogens is 312 g/mol. The van der Waals surface area contributed by atoms with E-state index in [-0.39, 0.29) is 23.7 Å². The summed E-state index contributed by atoms with van der Waals surface area (Å²) in [6.45, 7) is 0.972. The van der Waals surface area contributed by atoms with Crippen LogP contribution in [-0.4, -0.2) is 12.5 Å². The minimum absolute atomic E-state index is 0. The minimum atomic E-state index is -0.0920. The molecule has 1 aliphatic carbocycles. The molecule has 0 unspecified atom stereocenters. The van der Waals surface area contributed by atoms with E-state index in [1.165, 1.54) is 24.7 Å². The van der Waals surface area contributed by atoms with E-state index >= 15 is 0 Å². The number of carbonyl (C=O) groups is 1. The topological polar surface area (TPSA) is 68.3 Å². The van der Waals surface area contributed by atoms with Crippen molar-refractivity contribution in [1.82, 2.24) is 5.32 Å². The molecule has 0 atom stereocenters. The molecule has 0 bridgehead atoms. The molecular formula is C18H23ClN2O2. The summed E-state index contributed by atoms with van der Waals surface area (Å²) >= 11 is 0. The van der Waals surface area contributed by atoms with Gasteiger partial charge < -0.3 is 15.5 Å². The number of nitrogens with one attached hydrogen (secondary N) is 1. The van der Waals surface area contributed by atoms with Crippen LogP contribution in [0.1, 0.15) is 47.4 Å². The lowest BCUT2D eigenvalue weighted by molar-refractivity contribution is 0.0942. The Morgan fingerprint density at radius 3 is 2.52 bits per heavy atom. The lowest BCUT2D eigenvalue weighted by atomic mass is 9.79. The lowest BCUT2D eigenvalue weighted by Gasteiger charge is -2.30. The van der Waals surface area contributed by atoms with E-state index in [9.17, 15) is 4.79 Å². The Bertz CT molecular complexity index is 633. The molecule has 1 aliphatic rings. The fourth-order valence-corrected chi connectivity index (χ4v) is 3.37. The Hall–Kier alpha value is -1.78. The van der Waals surface area contributed by atoms with Crippen molar-refractivity contribution in [1.29, 1.82) is 0 Å². The number of halogens is 1. The van der Waals surface area contributed by atoms with Crippen molar-refractivity contribution in [3.05, 3.63) is 59.5 Å². The molecule has 5 heteroatoms. The summed E-state index contributed by atoms with van der Waals surface area (Å²) in [4.78, 5) is 12.3. The minimum Gasteiger partial charge on any atom is -0.467 e. The van der Waals surface area contributed by atoms with Crippen LogP contribution in [0.3, 0.4) is 0 Å². The molecule has 0 saturated heterocycles. The van der Waals surface area contributed by atoms with Gasteiger partial charge in [-0.15, -0.1) is 12.4 Å². The van der Waals surface area contributed by atoms with Crippen molar-refractivity contribution < 1.29 is 9.21 Å². The highest BCUT2D eigenvalue weighted by Gasteiger charge is 2.35. The number of furan rings is 1. The molecule has 1 saturated carbocycles. The van der Waals surface area contributed by atoms with Crippen LogP contribution in [0, 0.1) is 0 Å². The largest absolute Gasteiger partial charge is 0.467 e. The van der Waals surface area contributed by atoms with Gasteiger partial charge in [0.05, 0.1) is 12.1 Å². The van der Waals surface area contributed by atoms with Crippen LogP contribution in [0.5, 0.6) is 0 Å². The first-order valence-electron chi connectivity index (χ1n) is 7.85. The molecule has 0 radical (unpaired) electrons. The van der Waals surface area contributed by atoms with E-state index in [4.69, 9.17) is 10.2 Å². The Morgan fingerprint density at radius 1 is 1.22 bits per heavy atom. The van der Waals surface area contributed by atoms with Crippen LogP contribution in [0.2, 0.25) is 0 Å². The normalized spacial score (nSPS) is 15.9.